The van der Waals surface area contributed by atoms with E-state index in [1.807, 2.05) is 42.5 Å². The van der Waals surface area contributed by atoms with E-state index in [2.05, 4.69) is 31.9 Å². The highest BCUT2D eigenvalue weighted by Crippen LogP contribution is 2.30. The van der Waals surface area contributed by atoms with Gasteiger partial charge in [-0.15, -0.1) is 0 Å². The highest BCUT2D eigenvalue weighted by molar-refractivity contribution is 9.10. The second-order valence-corrected chi connectivity index (χ2v) is 5.36. The lowest BCUT2D eigenvalue weighted by atomic mass is 10.2. The largest absolute Gasteiger partial charge is 0.457 e. The minimum Gasteiger partial charge on any atom is -0.457 e. The third-order valence-electron chi connectivity index (χ3n) is 2.20. The van der Waals surface area contributed by atoms with Gasteiger partial charge in [-0.1, -0.05) is 55.6 Å². The van der Waals surface area contributed by atoms with Crippen LogP contribution in [-0.2, 0) is 5.33 Å². The first-order chi connectivity index (χ1) is 8.19. The first-order valence-corrected chi connectivity index (χ1v) is 7.26. The molecule has 4 heteroatoms. The summed E-state index contributed by atoms with van der Waals surface area (Å²) < 4.78 is 6.80. The number of hydrogen-bond acceptors (Lipinski definition) is 1. The van der Waals surface area contributed by atoms with Crippen LogP contribution >= 0.6 is 43.5 Å². The fourth-order valence-corrected chi connectivity index (χ4v) is 2.39. The van der Waals surface area contributed by atoms with Gasteiger partial charge in [0.1, 0.15) is 11.5 Å². The van der Waals surface area contributed by atoms with E-state index in [9.17, 15) is 0 Å². The lowest BCUT2D eigenvalue weighted by Crippen LogP contribution is -1.89. The molecular weight excluding hydrogens is 367 g/mol. The van der Waals surface area contributed by atoms with E-state index in [1.54, 1.807) is 0 Å². The lowest BCUT2D eigenvalue weighted by molar-refractivity contribution is 0.478. The summed E-state index contributed by atoms with van der Waals surface area (Å²) in [5, 5.41) is 1.40. The van der Waals surface area contributed by atoms with Gasteiger partial charge in [-0.05, 0) is 30.3 Å². The molecule has 0 fully saturated rings. The number of ether oxygens (including phenoxy) is 1. The van der Waals surface area contributed by atoms with Gasteiger partial charge >= 0.3 is 0 Å². The van der Waals surface area contributed by atoms with Gasteiger partial charge < -0.3 is 4.74 Å². The van der Waals surface area contributed by atoms with Gasteiger partial charge in [0.15, 0.2) is 0 Å². The van der Waals surface area contributed by atoms with Crippen LogP contribution in [0.4, 0.5) is 0 Å². The SMILES string of the molecule is Clc1ccc(CBr)c(Oc2cccc(Br)c2)c1. The maximum atomic E-state index is 5.97. The van der Waals surface area contributed by atoms with Gasteiger partial charge in [0.05, 0.1) is 0 Å². The van der Waals surface area contributed by atoms with Crippen molar-refractivity contribution in [3.8, 4) is 11.5 Å². The van der Waals surface area contributed by atoms with E-state index in [0.717, 1.165) is 26.9 Å². The standard InChI is InChI=1S/C13H9Br2ClO/c14-8-9-4-5-11(16)7-13(9)17-12-3-1-2-10(15)6-12/h1-7H,8H2. The summed E-state index contributed by atoms with van der Waals surface area (Å²) >= 11 is 12.8. The first-order valence-electron chi connectivity index (χ1n) is 4.97. The fraction of sp³-hybridized carbons (Fsp3) is 0.0769. The number of hydrogen-bond donors (Lipinski definition) is 0. The van der Waals surface area contributed by atoms with Crippen LogP contribution in [0.3, 0.4) is 0 Å². The Bertz CT molecular complexity index is 529. The molecule has 0 aliphatic carbocycles. The maximum absolute atomic E-state index is 5.97. The molecule has 88 valence electrons. The number of benzene rings is 2. The van der Waals surface area contributed by atoms with Gasteiger partial charge in [-0.3, -0.25) is 0 Å². The molecule has 0 aliphatic heterocycles. The van der Waals surface area contributed by atoms with E-state index in [-0.39, 0.29) is 0 Å². The summed E-state index contributed by atoms with van der Waals surface area (Å²) in [6.07, 6.45) is 0. The number of alkyl halides is 1. The van der Waals surface area contributed by atoms with Crippen LogP contribution in [0.2, 0.25) is 5.02 Å². The first kappa shape index (κ1) is 12.9. The molecule has 0 unspecified atom stereocenters. The van der Waals surface area contributed by atoms with E-state index in [1.165, 1.54) is 0 Å². The van der Waals surface area contributed by atoms with Crippen LogP contribution in [0.15, 0.2) is 46.9 Å². The van der Waals surface area contributed by atoms with E-state index >= 15 is 0 Å². The fourth-order valence-electron chi connectivity index (χ4n) is 1.39. The molecule has 2 rings (SSSR count). The lowest BCUT2D eigenvalue weighted by Gasteiger charge is -2.10. The van der Waals surface area contributed by atoms with Gasteiger partial charge in [0.25, 0.3) is 0 Å². The molecule has 0 saturated heterocycles. The maximum Gasteiger partial charge on any atom is 0.132 e. The van der Waals surface area contributed by atoms with Crippen molar-refractivity contribution in [1.29, 1.82) is 0 Å². The summed E-state index contributed by atoms with van der Waals surface area (Å²) in [6.45, 7) is 0. The van der Waals surface area contributed by atoms with Gasteiger partial charge in [0.2, 0.25) is 0 Å². The zero-order chi connectivity index (χ0) is 12.3. The smallest absolute Gasteiger partial charge is 0.132 e. The Labute approximate surface area is 122 Å². The molecule has 0 saturated carbocycles. The van der Waals surface area contributed by atoms with E-state index < -0.39 is 0 Å². The van der Waals surface area contributed by atoms with Crippen molar-refractivity contribution < 1.29 is 4.74 Å². The topological polar surface area (TPSA) is 9.23 Å². The minimum absolute atomic E-state index is 0.666. The van der Waals surface area contributed by atoms with Crippen LogP contribution in [0.25, 0.3) is 0 Å². The van der Waals surface area contributed by atoms with Crippen molar-refractivity contribution in [3.63, 3.8) is 0 Å². The molecule has 2 aromatic carbocycles. The van der Waals surface area contributed by atoms with Crippen LogP contribution in [0.5, 0.6) is 11.5 Å². The molecule has 17 heavy (non-hydrogen) atoms. The van der Waals surface area contributed by atoms with Crippen molar-refractivity contribution in [1.82, 2.24) is 0 Å². The molecule has 0 aromatic heterocycles. The van der Waals surface area contributed by atoms with Crippen molar-refractivity contribution in [2.24, 2.45) is 0 Å². The average Bonchev–Trinajstić information content (AvgIpc) is 2.29. The molecule has 0 amide bonds. The summed E-state index contributed by atoms with van der Waals surface area (Å²) in [5.74, 6) is 1.55. The molecule has 0 N–H and O–H groups in total. The second kappa shape index (κ2) is 5.89. The predicted octanol–water partition coefficient (Wildman–Crippen LogP) is 5.79. The van der Waals surface area contributed by atoms with Gasteiger partial charge in [0, 0.05) is 20.4 Å². The highest BCUT2D eigenvalue weighted by Gasteiger charge is 2.05. The normalized spacial score (nSPS) is 10.3. The molecule has 0 heterocycles. The molecule has 0 bridgehead atoms. The van der Waals surface area contributed by atoms with Gasteiger partial charge in [-0.25, -0.2) is 0 Å². The molecule has 1 nitrogen and oxygen atoms in total. The molecule has 0 aliphatic rings. The van der Waals surface area contributed by atoms with Crippen LogP contribution in [0.1, 0.15) is 5.56 Å². The van der Waals surface area contributed by atoms with Crippen molar-refractivity contribution in [2.75, 3.05) is 0 Å². The average molecular weight is 376 g/mol. The summed E-state index contributed by atoms with van der Waals surface area (Å²) in [5.41, 5.74) is 1.06. The van der Waals surface area contributed by atoms with Crippen LogP contribution < -0.4 is 4.74 Å². The van der Waals surface area contributed by atoms with Crippen LogP contribution in [-0.4, -0.2) is 0 Å². The highest BCUT2D eigenvalue weighted by atomic mass is 79.9. The number of rotatable bonds is 3. The third kappa shape index (κ3) is 3.47. The molecular formula is C13H9Br2ClO. The Morgan fingerprint density at radius 2 is 1.94 bits per heavy atom. The zero-order valence-electron chi connectivity index (χ0n) is 8.79. The zero-order valence-corrected chi connectivity index (χ0v) is 12.7. The van der Waals surface area contributed by atoms with Crippen molar-refractivity contribution in [3.05, 3.63) is 57.5 Å². The monoisotopic (exact) mass is 374 g/mol. The molecule has 0 atom stereocenters. The predicted molar refractivity (Wildman–Crippen MR) is 78.3 cm³/mol. The summed E-state index contributed by atoms with van der Waals surface area (Å²) in [6, 6.07) is 13.3. The molecule has 2 aromatic rings. The Morgan fingerprint density at radius 3 is 2.65 bits per heavy atom. The molecule has 0 spiro atoms. The summed E-state index contributed by atoms with van der Waals surface area (Å²) in [4.78, 5) is 0. The Balaban J connectivity index is 2.32. The minimum atomic E-state index is 0.666. The Kier molecular flexibility index (Phi) is 4.48. The molecule has 0 radical (unpaired) electrons. The van der Waals surface area contributed by atoms with E-state index in [4.69, 9.17) is 16.3 Å². The van der Waals surface area contributed by atoms with E-state index in [0.29, 0.717) is 5.02 Å². The van der Waals surface area contributed by atoms with Crippen molar-refractivity contribution in [2.45, 2.75) is 5.33 Å². The van der Waals surface area contributed by atoms with Crippen molar-refractivity contribution >= 4 is 43.5 Å². The quantitative estimate of drug-likeness (QED) is 0.616. The number of halogens is 3. The summed E-state index contributed by atoms with van der Waals surface area (Å²) in [7, 11) is 0. The Hall–Kier alpha value is -0.510. The third-order valence-corrected chi connectivity index (χ3v) is 3.53. The van der Waals surface area contributed by atoms with Gasteiger partial charge in [-0.2, -0.15) is 0 Å². The van der Waals surface area contributed by atoms with Crippen LogP contribution in [0, 0.1) is 0 Å². The second-order valence-electron chi connectivity index (χ2n) is 3.45. The Morgan fingerprint density at radius 1 is 1.12 bits per heavy atom.